The highest BCUT2D eigenvalue weighted by atomic mass is 16.7. The zero-order chi connectivity index (χ0) is 76.9. The van der Waals surface area contributed by atoms with Gasteiger partial charge in [0.15, 0.2) is 12.9 Å². The third-order valence-corrected chi connectivity index (χ3v) is 22.0. The number of carbonyl (C=O) groups is 8. The number of hydrogen-bond acceptors (Lipinski definition) is 20. The van der Waals surface area contributed by atoms with Gasteiger partial charge in [0.25, 0.3) is 11.7 Å². The smallest absolute Gasteiger partial charge is 0.329 e. The van der Waals surface area contributed by atoms with Crippen molar-refractivity contribution in [1.82, 2.24) is 4.90 Å². The number of Topliss-reactive ketones (excluding diaryl/α,β-unsaturated/α-hetero) is 2. The molecule has 0 aromatic heterocycles. The molecule has 1 unspecified atom stereocenters. The molecule has 3 fully saturated rings. The number of unbranched alkanes of at least 4 members (excludes halogenated alkanes) is 24. The molecule has 2 saturated heterocycles. The number of carbonyl (C=O) groups excluding carboxylic acids is 8. The Morgan fingerprint density at radius 1 is 0.629 bits per heavy atom. The molecular weight excluding hydrogens is 1340 g/mol. The fraction of sp³-hybridized carbons (Fsp3) is 0.833. The van der Waals surface area contributed by atoms with E-state index in [0.29, 0.717) is 63.4 Å². The predicted molar refractivity (Wildman–Crippen MR) is 404 cm³/mol. The maximum Gasteiger partial charge on any atom is 0.329 e. The molecule has 105 heavy (non-hydrogen) atoms. The minimum Gasteiger partial charge on any atom is -0.462 e. The van der Waals surface area contributed by atoms with Gasteiger partial charge in [0.05, 0.1) is 43.4 Å². The lowest BCUT2D eigenvalue weighted by molar-refractivity contribution is -0.302. The zero-order valence-corrected chi connectivity index (χ0v) is 66.5. The summed E-state index contributed by atoms with van der Waals surface area (Å²) < 4.78 is 59.5. The Hall–Kier alpha value is -4.90. The first-order valence-electron chi connectivity index (χ1n) is 41.0. The summed E-state index contributed by atoms with van der Waals surface area (Å²) in [6.45, 7) is 16.1. The summed E-state index contributed by atoms with van der Waals surface area (Å²) in [4.78, 5) is 114. The fourth-order valence-corrected chi connectivity index (χ4v) is 15.5. The van der Waals surface area contributed by atoms with Gasteiger partial charge in [-0.2, -0.15) is 0 Å². The Balaban J connectivity index is 1.54. The highest BCUT2D eigenvalue weighted by Crippen LogP contribution is 2.40. The molecular formula is C84H141NO20. The van der Waals surface area contributed by atoms with E-state index in [1.165, 1.54) is 137 Å². The van der Waals surface area contributed by atoms with E-state index in [0.717, 1.165) is 49.0 Å². The summed E-state index contributed by atoms with van der Waals surface area (Å²) in [5.74, 6) is -11.3. The first-order valence-corrected chi connectivity index (χ1v) is 41.0. The number of fused-ring (bicyclic) bond motifs is 3. The molecule has 0 spiro atoms. The summed E-state index contributed by atoms with van der Waals surface area (Å²) in [5.41, 5.74) is 1.44. The number of esters is 5. The van der Waals surface area contributed by atoms with Gasteiger partial charge in [-0.05, 0) is 108 Å². The van der Waals surface area contributed by atoms with E-state index in [-0.39, 0.29) is 75.9 Å². The van der Waals surface area contributed by atoms with Gasteiger partial charge in [0.2, 0.25) is 5.79 Å². The number of rotatable bonds is 46. The first kappa shape index (κ1) is 92.5. The predicted octanol–water partition coefficient (Wildman–Crippen LogP) is 15.9. The van der Waals surface area contributed by atoms with Crippen LogP contribution in [0.5, 0.6) is 0 Å². The minimum absolute atomic E-state index is 0.0000378. The highest BCUT2D eigenvalue weighted by molar-refractivity contribution is 6.39. The van der Waals surface area contributed by atoms with Crippen LogP contribution in [0.1, 0.15) is 312 Å². The number of cyclic esters (lactones) is 1. The monoisotopic (exact) mass is 1480 g/mol. The van der Waals surface area contributed by atoms with Crippen molar-refractivity contribution in [3.63, 3.8) is 0 Å². The lowest BCUT2D eigenvalue weighted by Crippen LogP contribution is -2.64. The number of methoxy groups -OCH3 is 3. The number of piperidine rings is 1. The number of ketones is 2. The summed E-state index contributed by atoms with van der Waals surface area (Å²) in [5, 5.41) is 23.1. The van der Waals surface area contributed by atoms with Gasteiger partial charge < -0.3 is 62.5 Å². The molecule has 1 amide bonds. The van der Waals surface area contributed by atoms with Crippen LogP contribution in [0.15, 0.2) is 36.0 Å². The molecule has 1 saturated carbocycles. The van der Waals surface area contributed by atoms with Crippen LogP contribution in [0.3, 0.4) is 0 Å². The molecule has 0 aromatic carbocycles. The fourth-order valence-electron chi connectivity index (χ4n) is 15.5. The average molecular weight is 1490 g/mol. The van der Waals surface area contributed by atoms with Gasteiger partial charge in [0.1, 0.15) is 37.2 Å². The SMILES string of the molecule is C=CC[C@@H]1/C=C(\C)C[C@H](C)C[C@H](OC)[C@H]2O[C@@](O)(C(=O)C(=O)N3CCCC[C@H]3C(=O)O[C@H](/C(C)=C/C3CC[C@@H](O)[C@H](OC)C3)[C@H](C)[C@@H](OCOC(=O)CCC(=O)OC(COC(=O)CCCCCCCCCCCCCCC)COC(=O)CCCCCCCCCCCCCCC)CC1=O)[C@H](C)C[C@@H]2OC. The van der Waals surface area contributed by atoms with Crippen molar-refractivity contribution in [2.45, 2.75) is 372 Å². The van der Waals surface area contributed by atoms with Crippen LogP contribution in [-0.4, -0.2) is 171 Å². The van der Waals surface area contributed by atoms with Crippen molar-refractivity contribution in [3.8, 4) is 0 Å². The topological polar surface area (TPSA) is 273 Å². The zero-order valence-electron chi connectivity index (χ0n) is 66.5. The third kappa shape index (κ3) is 34.7. The van der Waals surface area contributed by atoms with E-state index < -0.39 is 140 Å². The molecule has 2 bridgehead atoms. The number of hydrogen-bond donors (Lipinski definition) is 2. The number of nitrogens with zero attached hydrogens (tertiary/aromatic N) is 1. The quantitative estimate of drug-likeness (QED) is 0.0143. The Kier molecular flexibility index (Phi) is 46.7. The van der Waals surface area contributed by atoms with Crippen molar-refractivity contribution in [1.29, 1.82) is 0 Å². The Labute approximate surface area is 631 Å². The maximum atomic E-state index is 15.1. The molecule has 602 valence electrons. The van der Waals surface area contributed by atoms with E-state index in [2.05, 4.69) is 20.4 Å². The van der Waals surface area contributed by atoms with E-state index in [4.69, 9.17) is 47.4 Å². The van der Waals surface area contributed by atoms with Crippen molar-refractivity contribution in [2.75, 3.05) is 47.9 Å². The normalized spacial score (nSPS) is 27.5. The summed E-state index contributed by atoms with van der Waals surface area (Å²) in [6, 6.07) is -1.27. The summed E-state index contributed by atoms with van der Waals surface area (Å²) >= 11 is 0. The van der Waals surface area contributed by atoms with Crippen LogP contribution in [0.2, 0.25) is 0 Å². The van der Waals surface area contributed by atoms with Gasteiger partial charge in [-0.1, -0.05) is 213 Å². The van der Waals surface area contributed by atoms with Crippen molar-refractivity contribution < 1.29 is 95.9 Å². The van der Waals surface area contributed by atoms with Gasteiger partial charge in [-0.15, -0.1) is 6.58 Å². The van der Waals surface area contributed by atoms with E-state index in [1.807, 2.05) is 26.0 Å². The Morgan fingerprint density at radius 3 is 1.66 bits per heavy atom. The molecule has 3 aliphatic heterocycles. The van der Waals surface area contributed by atoms with Gasteiger partial charge in [0, 0.05) is 64.9 Å². The number of amides is 1. The number of ether oxygens (including phenoxy) is 10. The van der Waals surface area contributed by atoms with Crippen molar-refractivity contribution in [2.24, 2.45) is 29.6 Å². The Bertz CT molecular complexity index is 2560. The largest absolute Gasteiger partial charge is 0.462 e. The second kappa shape index (κ2) is 53.0. The van der Waals surface area contributed by atoms with Crippen molar-refractivity contribution in [3.05, 3.63) is 36.0 Å². The Morgan fingerprint density at radius 2 is 1.13 bits per heavy atom. The first-order chi connectivity index (χ1) is 50.5. The standard InChI is InChI=1S/C84H141NO20/c1-12-15-17-19-21-23-25-27-29-31-33-35-37-43-75(88)99-57-67(58-100-76(89)44-38-36-34-32-30-28-26-24-22-20-18-16-13-2)103-78(91)48-47-77(90)102-59-101-71-56-70(87)66(41-14-3)51-60(4)50-61(5)52-73(97-10)80-74(98-11)54-63(7)84(95,105-80)81(92)82(93)85-49-40-39-42-68(85)83(94)104-79(64(71)8)62(6)53-65-45-46-69(86)72(55-65)96-9/h14,51,53,61,63-69,71-74,79-80,86,95H,3,12-13,15-50,52,54-59H2,1-2,4-11H3/b60-51+,62-53+/t61-,63+,64+,65?,66+,68-,69+,71-,72+,73-,74-,79+,80+,84+/m0/s1. The molecule has 0 radical (unpaired) electrons. The van der Waals surface area contributed by atoms with Gasteiger partial charge >= 0.3 is 29.8 Å². The third-order valence-electron chi connectivity index (χ3n) is 22.0. The lowest BCUT2D eigenvalue weighted by atomic mass is 9.81. The number of allylic oxidation sites excluding steroid dienone is 4. The second-order valence-corrected chi connectivity index (χ2v) is 31.0. The maximum absolute atomic E-state index is 15.1. The molecule has 3 heterocycles. The van der Waals surface area contributed by atoms with E-state index in [1.54, 1.807) is 26.8 Å². The molecule has 0 aromatic rings. The number of aliphatic hydroxyl groups is 2. The van der Waals surface area contributed by atoms with Crippen LogP contribution in [-0.2, 0) is 85.7 Å². The molecule has 14 atom stereocenters. The van der Waals surface area contributed by atoms with Crippen LogP contribution in [0, 0.1) is 29.6 Å². The molecule has 4 aliphatic rings. The number of aliphatic hydroxyl groups excluding tert-OH is 1. The van der Waals surface area contributed by atoms with E-state index >= 15 is 4.79 Å². The van der Waals surface area contributed by atoms with Crippen LogP contribution in [0.4, 0.5) is 0 Å². The lowest BCUT2D eigenvalue weighted by Gasteiger charge is -2.47. The average Bonchev–Trinajstić information content (AvgIpc) is 0.832. The minimum atomic E-state index is -2.61. The van der Waals surface area contributed by atoms with Crippen molar-refractivity contribution >= 4 is 47.3 Å². The van der Waals surface area contributed by atoms with Crippen LogP contribution in [0.25, 0.3) is 0 Å². The summed E-state index contributed by atoms with van der Waals surface area (Å²) in [7, 11) is 4.55. The highest BCUT2D eigenvalue weighted by Gasteiger charge is 2.57. The molecule has 4 rings (SSSR count). The molecule has 21 heteroatoms. The summed E-state index contributed by atoms with van der Waals surface area (Å²) in [6.07, 6.45) is 31.9. The van der Waals surface area contributed by atoms with E-state index in [9.17, 15) is 43.8 Å². The molecule has 1 aliphatic carbocycles. The molecule has 21 nitrogen and oxygen atoms in total. The van der Waals surface area contributed by atoms with Crippen LogP contribution < -0.4 is 0 Å². The van der Waals surface area contributed by atoms with Gasteiger partial charge in [-0.25, -0.2) is 4.79 Å². The molecule has 2 N–H and O–H groups in total. The second-order valence-electron chi connectivity index (χ2n) is 31.0. The van der Waals surface area contributed by atoms with Crippen LogP contribution >= 0.6 is 0 Å². The van der Waals surface area contributed by atoms with Gasteiger partial charge in [-0.3, -0.25) is 33.6 Å².